The van der Waals surface area contributed by atoms with Crippen LogP contribution in [0.5, 0.6) is 5.75 Å². The number of hydrogen-bond donors (Lipinski definition) is 0. The molecule has 0 unspecified atom stereocenters. The Bertz CT molecular complexity index is 437. The third-order valence-electron chi connectivity index (χ3n) is 2.52. The highest BCUT2D eigenvalue weighted by Gasteiger charge is 2.33. The maximum Gasteiger partial charge on any atom is 0.155 e. The molecule has 0 saturated carbocycles. The maximum atomic E-state index is 10.9. The SMILES string of the molecule is COc1ccc(COC2CS(=O)(=O)C2)cc1. The summed E-state index contributed by atoms with van der Waals surface area (Å²) in [6.07, 6.45) is -0.132. The Balaban J connectivity index is 1.82. The highest BCUT2D eigenvalue weighted by Crippen LogP contribution is 2.17. The van der Waals surface area contributed by atoms with E-state index in [0.29, 0.717) is 6.61 Å². The van der Waals surface area contributed by atoms with Crippen LogP contribution in [0.3, 0.4) is 0 Å². The third kappa shape index (κ3) is 2.74. The van der Waals surface area contributed by atoms with Crippen molar-refractivity contribution in [3.8, 4) is 5.75 Å². The van der Waals surface area contributed by atoms with Gasteiger partial charge in [-0.2, -0.15) is 0 Å². The smallest absolute Gasteiger partial charge is 0.155 e. The van der Waals surface area contributed by atoms with Crippen LogP contribution in [-0.2, 0) is 21.2 Å². The quantitative estimate of drug-likeness (QED) is 0.790. The fourth-order valence-electron chi connectivity index (χ4n) is 1.55. The highest BCUT2D eigenvalue weighted by atomic mass is 32.2. The van der Waals surface area contributed by atoms with E-state index in [4.69, 9.17) is 9.47 Å². The zero-order valence-corrected chi connectivity index (χ0v) is 9.87. The molecule has 0 spiro atoms. The Kier molecular flexibility index (Phi) is 3.16. The molecule has 5 heteroatoms. The predicted molar refractivity (Wildman–Crippen MR) is 60.2 cm³/mol. The largest absolute Gasteiger partial charge is 0.497 e. The van der Waals surface area contributed by atoms with Gasteiger partial charge in [0.25, 0.3) is 0 Å². The first kappa shape index (κ1) is 11.4. The van der Waals surface area contributed by atoms with Crippen LogP contribution >= 0.6 is 0 Å². The summed E-state index contributed by atoms with van der Waals surface area (Å²) in [5.41, 5.74) is 1.02. The van der Waals surface area contributed by atoms with Gasteiger partial charge >= 0.3 is 0 Å². The Morgan fingerprint density at radius 1 is 1.25 bits per heavy atom. The van der Waals surface area contributed by atoms with Crippen molar-refractivity contribution in [1.82, 2.24) is 0 Å². The van der Waals surface area contributed by atoms with E-state index < -0.39 is 9.84 Å². The zero-order valence-electron chi connectivity index (χ0n) is 9.05. The van der Waals surface area contributed by atoms with Gasteiger partial charge < -0.3 is 9.47 Å². The lowest BCUT2D eigenvalue weighted by Crippen LogP contribution is -2.43. The first-order valence-corrected chi connectivity index (χ1v) is 6.86. The van der Waals surface area contributed by atoms with Gasteiger partial charge in [0, 0.05) is 0 Å². The van der Waals surface area contributed by atoms with Crippen LogP contribution in [0.4, 0.5) is 0 Å². The van der Waals surface area contributed by atoms with Crippen LogP contribution in [0.15, 0.2) is 24.3 Å². The Morgan fingerprint density at radius 3 is 2.38 bits per heavy atom. The summed E-state index contributed by atoms with van der Waals surface area (Å²) in [5, 5.41) is 0. The van der Waals surface area contributed by atoms with Gasteiger partial charge in [-0.3, -0.25) is 0 Å². The number of ether oxygens (including phenoxy) is 2. The summed E-state index contributed by atoms with van der Waals surface area (Å²) >= 11 is 0. The summed E-state index contributed by atoms with van der Waals surface area (Å²) in [7, 11) is -1.17. The molecule has 1 fully saturated rings. The monoisotopic (exact) mass is 242 g/mol. The molecule has 1 heterocycles. The van der Waals surface area contributed by atoms with E-state index >= 15 is 0 Å². The zero-order chi connectivity index (χ0) is 11.6. The van der Waals surface area contributed by atoms with Gasteiger partial charge in [-0.05, 0) is 17.7 Å². The van der Waals surface area contributed by atoms with E-state index in [-0.39, 0.29) is 17.6 Å². The number of methoxy groups -OCH3 is 1. The molecular formula is C11H14O4S. The molecular weight excluding hydrogens is 228 g/mol. The first-order chi connectivity index (χ1) is 7.59. The van der Waals surface area contributed by atoms with Crippen molar-refractivity contribution < 1.29 is 17.9 Å². The van der Waals surface area contributed by atoms with Crippen molar-refractivity contribution in [2.75, 3.05) is 18.6 Å². The molecule has 16 heavy (non-hydrogen) atoms. The molecule has 0 bridgehead atoms. The second-order valence-electron chi connectivity index (χ2n) is 3.86. The van der Waals surface area contributed by atoms with Gasteiger partial charge in [-0.15, -0.1) is 0 Å². The molecule has 1 aromatic carbocycles. The second kappa shape index (κ2) is 4.43. The minimum atomic E-state index is -2.79. The lowest BCUT2D eigenvalue weighted by Gasteiger charge is -2.25. The Hall–Kier alpha value is -1.07. The highest BCUT2D eigenvalue weighted by molar-refractivity contribution is 7.92. The molecule has 0 aliphatic carbocycles. The lowest BCUT2D eigenvalue weighted by molar-refractivity contribution is 0.0603. The van der Waals surface area contributed by atoms with Gasteiger partial charge in [0.2, 0.25) is 0 Å². The fraction of sp³-hybridized carbons (Fsp3) is 0.455. The average molecular weight is 242 g/mol. The van der Waals surface area contributed by atoms with E-state index in [2.05, 4.69) is 0 Å². The van der Waals surface area contributed by atoms with Gasteiger partial charge in [0.1, 0.15) is 5.75 Å². The molecule has 1 aliphatic heterocycles. The Morgan fingerprint density at radius 2 is 1.88 bits per heavy atom. The first-order valence-electron chi connectivity index (χ1n) is 5.04. The number of benzene rings is 1. The van der Waals surface area contributed by atoms with E-state index in [1.54, 1.807) is 7.11 Å². The molecule has 0 aromatic heterocycles. The van der Waals surface area contributed by atoms with Crippen LogP contribution in [0.2, 0.25) is 0 Å². The second-order valence-corrected chi connectivity index (χ2v) is 6.01. The summed E-state index contributed by atoms with van der Waals surface area (Å²) in [4.78, 5) is 0. The van der Waals surface area contributed by atoms with Crippen LogP contribution in [0.1, 0.15) is 5.56 Å². The van der Waals surface area contributed by atoms with Crippen LogP contribution < -0.4 is 4.74 Å². The summed E-state index contributed by atoms with van der Waals surface area (Å²) in [6.45, 7) is 0.449. The van der Waals surface area contributed by atoms with E-state index in [0.717, 1.165) is 11.3 Å². The van der Waals surface area contributed by atoms with Crippen molar-refractivity contribution in [3.05, 3.63) is 29.8 Å². The Labute approximate surface area is 95.1 Å². The van der Waals surface area contributed by atoms with Crippen molar-refractivity contribution in [2.45, 2.75) is 12.7 Å². The summed E-state index contributed by atoms with van der Waals surface area (Å²) in [5.74, 6) is 1.11. The van der Waals surface area contributed by atoms with Gasteiger partial charge in [0.15, 0.2) is 9.84 Å². The van der Waals surface area contributed by atoms with Crippen molar-refractivity contribution in [3.63, 3.8) is 0 Å². The molecule has 1 aliphatic rings. The van der Waals surface area contributed by atoms with Crippen LogP contribution in [-0.4, -0.2) is 33.1 Å². The molecule has 1 saturated heterocycles. The van der Waals surface area contributed by atoms with E-state index in [1.165, 1.54) is 0 Å². The number of sulfone groups is 1. The molecule has 1 aromatic rings. The molecule has 2 rings (SSSR count). The van der Waals surface area contributed by atoms with E-state index in [1.807, 2.05) is 24.3 Å². The maximum absolute atomic E-state index is 10.9. The van der Waals surface area contributed by atoms with Crippen LogP contribution in [0.25, 0.3) is 0 Å². The van der Waals surface area contributed by atoms with E-state index in [9.17, 15) is 8.42 Å². The normalized spacial score (nSPS) is 19.1. The topological polar surface area (TPSA) is 52.6 Å². The van der Waals surface area contributed by atoms with Gasteiger partial charge in [-0.25, -0.2) is 8.42 Å². The van der Waals surface area contributed by atoms with Gasteiger partial charge in [0.05, 0.1) is 31.3 Å². The minimum absolute atomic E-state index is 0.132. The number of rotatable bonds is 4. The lowest BCUT2D eigenvalue weighted by atomic mass is 10.2. The molecule has 0 atom stereocenters. The minimum Gasteiger partial charge on any atom is -0.497 e. The standard InChI is InChI=1S/C11H14O4S/c1-14-10-4-2-9(3-5-10)6-15-11-7-16(12,13)8-11/h2-5,11H,6-8H2,1H3. The van der Waals surface area contributed by atoms with Gasteiger partial charge in [-0.1, -0.05) is 12.1 Å². The summed E-state index contributed by atoms with van der Waals surface area (Å²) < 4.78 is 32.3. The fourth-order valence-corrected chi connectivity index (χ4v) is 2.78. The molecule has 88 valence electrons. The molecule has 4 nitrogen and oxygen atoms in total. The van der Waals surface area contributed by atoms with Crippen molar-refractivity contribution in [1.29, 1.82) is 0 Å². The van der Waals surface area contributed by atoms with Crippen LogP contribution in [0, 0.1) is 0 Å². The number of hydrogen-bond acceptors (Lipinski definition) is 4. The molecule has 0 N–H and O–H groups in total. The third-order valence-corrected chi connectivity index (χ3v) is 4.28. The molecule has 0 amide bonds. The molecule has 0 radical (unpaired) electrons. The predicted octanol–water partition coefficient (Wildman–Crippen LogP) is 1.01. The summed E-state index contributed by atoms with van der Waals surface area (Å²) in [6, 6.07) is 7.53. The van der Waals surface area contributed by atoms with Crippen molar-refractivity contribution >= 4 is 9.84 Å². The van der Waals surface area contributed by atoms with Crippen molar-refractivity contribution in [2.24, 2.45) is 0 Å². The average Bonchev–Trinajstić information content (AvgIpc) is 2.24.